The number of rotatable bonds is 7. The lowest BCUT2D eigenvalue weighted by molar-refractivity contribution is -0.141. The van der Waals surface area contributed by atoms with Gasteiger partial charge in [-0.1, -0.05) is 24.3 Å². The molecule has 30 heavy (non-hydrogen) atoms. The van der Waals surface area contributed by atoms with Crippen molar-refractivity contribution in [1.29, 1.82) is 0 Å². The van der Waals surface area contributed by atoms with Crippen LogP contribution in [0.5, 0.6) is 0 Å². The van der Waals surface area contributed by atoms with E-state index in [2.05, 4.69) is 20.5 Å². The number of hydrogen-bond donors (Lipinski definition) is 1. The summed E-state index contributed by atoms with van der Waals surface area (Å²) < 4.78 is 41.8. The third-order valence-electron chi connectivity index (χ3n) is 5.03. The molecule has 158 valence electrons. The van der Waals surface area contributed by atoms with E-state index in [1.54, 1.807) is 4.68 Å². The van der Waals surface area contributed by atoms with Gasteiger partial charge in [0.05, 0.1) is 13.1 Å². The van der Waals surface area contributed by atoms with Crippen molar-refractivity contribution in [2.75, 3.05) is 5.32 Å². The zero-order valence-electron chi connectivity index (χ0n) is 16.4. The van der Waals surface area contributed by atoms with Gasteiger partial charge in [-0.05, 0) is 37.0 Å². The summed E-state index contributed by atoms with van der Waals surface area (Å²) in [5.41, 5.74) is 1.84. The van der Waals surface area contributed by atoms with E-state index in [0.717, 1.165) is 30.0 Å². The highest BCUT2D eigenvalue weighted by Crippen LogP contribution is 2.42. The van der Waals surface area contributed by atoms with Crippen molar-refractivity contribution in [3.8, 4) is 0 Å². The highest BCUT2D eigenvalue weighted by atomic mass is 19.4. The van der Waals surface area contributed by atoms with Gasteiger partial charge in [0, 0.05) is 18.0 Å². The van der Waals surface area contributed by atoms with Gasteiger partial charge in [0.15, 0.2) is 5.69 Å². The average Bonchev–Trinajstić information content (AvgIpc) is 3.28. The molecule has 1 amide bonds. The Balaban J connectivity index is 1.35. The van der Waals surface area contributed by atoms with Crippen LogP contribution in [0.25, 0.3) is 0 Å². The molecule has 0 spiro atoms. The largest absolute Gasteiger partial charge is 0.435 e. The molecule has 7 nitrogen and oxygen atoms in total. The van der Waals surface area contributed by atoms with Gasteiger partial charge in [-0.3, -0.25) is 14.8 Å². The van der Waals surface area contributed by atoms with E-state index >= 15 is 0 Å². The number of hydrogen-bond acceptors (Lipinski definition) is 4. The van der Waals surface area contributed by atoms with Crippen LogP contribution >= 0.6 is 0 Å². The zero-order valence-corrected chi connectivity index (χ0v) is 16.4. The summed E-state index contributed by atoms with van der Waals surface area (Å²) in [6.45, 7) is 2.59. The second-order valence-corrected chi connectivity index (χ2v) is 7.44. The molecule has 10 heteroatoms. The van der Waals surface area contributed by atoms with E-state index in [9.17, 15) is 18.0 Å². The topological polar surface area (TPSA) is 77.6 Å². The second kappa shape index (κ2) is 7.92. The van der Waals surface area contributed by atoms with Crippen LogP contribution in [0.4, 0.5) is 19.1 Å². The summed E-state index contributed by atoms with van der Waals surface area (Å²) in [4.78, 5) is 16.3. The lowest BCUT2D eigenvalue weighted by atomic mass is 10.1. The molecule has 0 atom stereocenters. The fourth-order valence-corrected chi connectivity index (χ4v) is 3.24. The third-order valence-corrected chi connectivity index (χ3v) is 5.03. The van der Waals surface area contributed by atoms with E-state index in [0.29, 0.717) is 12.2 Å². The predicted octanol–water partition coefficient (Wildman–Crippen LogP) is 3.76. The molecule has 2 aromatic heterocycles. The van der Waals surface area contributed by atoms with E-state index < -0.39 is 11.9 Å². The van der Waals surface area contributed by atoms with Crippen molar-refractivity contribution in [3.05, 3.63) is 59.2 Å². The standard InChI is InChI=1S/C20H21F3N6O/c1-13-4-2-3-5-15(13)11-28-12-24-19(27-28)25-18(30)8-9-29-16(14-6-7-14)10-17(26-29)20(21,22)23/h2-5,10,12,14H,6-9,11H2,1H3,(H,25,27,30). The molecule has 1 fully saturated rings. The maximum Gasteiger partial charge on any atom is 0.435 e. The number of nitrogens with one attached hydrogen (secondary N) is 1. The van der Waals surface area contributed by atoms with E-state index in [1.165, 1.54) is 11.0 Å². The normalized spacial score (nSPS) is 14.1. The Bertz CT molecular complexity index is 1050. The number of carbonyl (C=O) groups excluding carboxylic acids is 1. The van der Waals surface area contributed by atoms with Crippen molar-refractivity contribution in [3.63, 3.8) is 0 Å². The summed E-state index contributed by atoms with van der Waals surface area (Å²) in [5.74, 6) is -0.127. The van der Waals surface area contributed by atoms with Crippen LogP contribution in [-0.2, 0) is 24.1 Å². The molecule has 1 aliphatic carbocycles. The minimum atomic E-state index is -4.50. The van der Waals surface area contributed by atoms with Crippen molar-refractivity contribution in [2.24, 2.45) is 0 Å². The lowest BCUT2D eigenvalue weighted by Crippen LogP contribution is -2.17. The van der Waals surface area contributed by atoms with Gasteiger partial charge in [0.2, 0.25) is 11.9 Å². The molecule has 1 aliphatic rings. The molecular weight excluding hydrogens is 397 g/mol. The van der Waals surface area contributed by atoms with Gasteiger partial charge in [-0.2, -0.15) is 18.3 Å². The highest BCUT2D eigenvalue weighted by Gasteiger charge is 2.37. The Kier molecular flexibility index (Phi) is 5.31. The molecule has 0 radical (unpaired) electrons. The number of aryl methyl sites for hydroxylation is 2. The van der Waals surface area contributed by atoms with E-state index in [4.69, 9.17) is 0 Å². The number of nitrogens with zero attached hydrogens (tertiary/aromatic N) is 5. The van der Waals surface area contributed by atoms with Crippen LogP contribution in [0.15, 0.2) is 36.7 Å². The summed E-state index contributed by atoms with van der Waals surface area (Å²) in [6, 6.07) is 8.98. The smallest absolute Gasteiger partial charge is 0.293 e. The lowest BCUT2D eigenvalue weighted by Gasteiger charge is -2.06. The fraction of sp³-hybridized carbons (Fsp3) is 0.400. The molecule has 1 N–H and O–H groups in total. The van der Waals surface area contributed by atoms with E-state index in [-0.39, 0.29) is 30.7 Å². The Morgan fingerprint density at radius 3 is 2.70 bits per heavy atom. The van der Waals surface area contributed by atoms with Gasteiger partial charge in [-0.25, -0.2) is 9.67 Å². The highest BCUT2D eigenvalue weighted by molar-refractivity contribution is 5.88. The van der Waals surface area contributed by atoms with Crippen LogP contribution < -0.4 is 5.32 Å². The Morgan fingerprint density at radius 2 is 2.00 bits per heavy atom. The molecule has 2 heterocycles. The minimum absolute atomic E-state index is 0.0228. The maximum atomic E-state index is 13.0. The van der Waals surface area contributed by atoms with Crippen LogP contribution in [0.1, 0.15) is 47.7 Å². The van der Waals surface area contributed by atoms with Gasteiger partial charge in [-0.15, -0.1) is 5.10 Å². The SMILES string of the molecule is Cc1ccccc1Cn1cnc(NC(=O)CCn2nc(C(F)(F)F)cc2C2CC2)n1. The van der Waals surface area contributed by atoms with Crippen LogP contribution in [0.2, 0.25) is 0 Å². The first-order valence-corrected chi connectivity index (χ1v) is 9.68. The number of aromatic nitrogens is 5. The minimum Gasteiger partial charge on any atom is -0.293 e. The molecule has 0 saturated heterocycles. The van der Waals surface area contributed by atoms with E-state index in [1.807, 2.05) is 31.2 Å². The molecule has 1 aromatic carbocycles. The summed E-state index contributed by atoms with van der Waals surface area (Å²) in [6.07, 6.45) is -1.30. The first-order valence-electron chi connectivity index (χ1n) is 9.68. The molecular formula is C20H21F3N6O. The number of alkyl halides is 3. The average molecular weight is 418 g/mol. The monoisotopic (exact) mass is 418 g/mol. The number of anilines is 1. The Morgan fingerprint density at radius 1 is 1.23 bits per heavy atom. The molecule has 0 bridgehead atoms. The summed E-state index contributed by atoms with van der Waals surface area (Å²) in [5, 5.41) is 10.5. The Labute approximate surface area is 170 Å². The fourth-order valence-electron chi connectivity index (χ4n) is 3.24. The van der Waals surface area contributed by atoms with Gasteiger partial charge >= 0.3 is 6.18 Å². The van der Waals surface area contributed by atoms with Crippen LogP contribution in [-0.4, -0.2) is 30.5 Å². The van der Waals surface area contributed by atoms with Gasteiger partial charge in [0.1, 0.15) is 6.33 Å². The predicted molar refractivity (Wildman–Crippen MR) is 103 cm³/mol. The van der Waals surface area contributed by atoms with Gasteiger partial charge < -0.3 is 0 Å². The van der Waals surface area contributed by atoms with Crippen LogP contribution in [0, 0.1) is 6.92 Å². The van der Waals surface area contributed by atoms with Crippen molar-refractivity contribution < 1.29 is 18.0 Å². The number of carbonyl (C=O) groups is 1. The molecule has 0 aliphatic heterocycles. The number of amides is 1. The van der Waals surface area contributed by atoms with Gasteiger partial charge in [0.25, 0.3) is 0 Å². The second-order valence-electron chi connectivity index (χ2n) is 7.44. The molecule has 4 rings (SSSR count). The first kappa shape index (κ1) is 20.1. The van der Waals surface area contributed by atoms with Crippen LogP contribution in [0.3, 0.4) is 0 Å². The Hall–Kier alpha value is -3.17. The summed E-state index contributed by atoms with van der Waals surface area (Å²) >= 11 is 0. The molecule has 1 saturated carbocycles. The zero-order chi connectivity index (χ0) is 21.3. The van der Waals surface area contributed by atoms with Crippen molar-refractivity contribution in [2.45, 2.75) is 51.4 Å². The quantitative estimate of drug-likeness (QED) is 0.634. The summed E-state index contributed by atoms with van der Waals surface area (Å²) in [7, 11) is 0. The molecule has 3 aromatic rings. The molecule has 0 unspecified atom stereocenters. The number of halogens is 3. The van der Waals surface area contributed by atoms with Crippen molar-refractivity contribution in [1.82, 2.24) is 24.5 Å². The van der Waals surface area contributed by atoms with Crippen molar-refractivity contribution >= 4 is 11.9 Å². The third kappa shape index (κ3) is 4.69. The maximum absolute atomic E-state index is 13.0. The first-order chi connectivity index (χ1) is 14.3. The number of benzene rings is 1.